The van der Waals surface area contributed by atoms with Crippen molar-refractivity contribution in [1.29, 1.82) is 0 Å². The SMILES string of the molecule is CCCCN(CCO)C(=O)Nc1cccc(Cl)c1OC. The maximum atomic E-state index is 12.2. The second kappa shape index (κ2) is 8.66. The van der Waals surface area contributed by atoms with E-state index in [9.17, 15) is 4.79 Å². The predicted molar refractivity (Wildman–Crippen MR) is 80.6 cm³/mol. The summed E-state index contributed by atoms with van der Waals surface area (Å²) in [6, 6.07) is 4.88. The molecule has 0 aromatic heterocycles. The van der Waals surface area contributed by atoms with E-state index in [1.54, 1.807) is 23.1 Å². The van der Waals surface area contributed by atoms with Gasteiger partial charge in [0, 0.05) is 13.1 Å². The van der Waals surface area contributed by atoms with E-state index in [0.29, 0.717) is 29.5 Å². The highest BCUT2D eigenvalue weighted by Gasteiger charge is 2.15. The van der Waals surface area contributed by atoms with Crippen molar-refractivity contribution in [1.82, 2.24) is 4.90 Å². The van der Waals surface area contributed by atoms with Crippen LogP contribution in [0.4, 0.5) is 10.5 Å². The topological polar surface area (TPSA) is 61.8 Å². The standard InChI is InChI=1S/C14H21ClN2O3/c1-3-4-8-17(9-10-18)14(19)16-12-7-5-6-11(15)13(12)20-2/h5-7,18H,3-4,8-10H2,1-2H3,(H,16,19). The van der Waals surface area contributed by atoms with Gasteiger partial charge in [-0.1, -0.05) is 31.0 Å². The molecular formula is C14H21ClN2O3. The van der Waals surface area contributed by atoms with Gasteiger partial charge in [0.1, 0.15) is 0 Å². The van der Waals surface area contributed by atoms with Gasteiger partial charge in [0.05, 0.1) is 24.4 Å². The number of unbranched alkanes of at least 4 members (excludes halogenated alkanes) is 1. The van der Waals surface area contributed by atoms with E-state index in [-0.39, 0.29) is 12.6 Å². The Morgan fingerprint density at radius 2 is 2.20 bits per heavy atom. The Kier molecular flexibility index (Phi) is 7.18. The monoisotopic (exact) mass is 300 g/mol. The van der Waals surface area contributed by atoms with Crippen molar-refractivity contribution in [3.63, 3.8) is 0 Å². The molecule has 0 heterocycles. The summed E-state index contributed by atoms with van der Waals surface area (Å²) < 4.78 is 5.18. The number of aliphatic hydroxyl groups excluding tert-OH is 1. The van der Waals surface area contributed by atoms with Crippen LogP contribution in [-0.4, -0.2) is 42.8 Å². The first kappa shape index (κ1) is 16.6. The highest BCUT2D eigenvalue weighted by molar-refractivity contribution is 6.32. The fraction of sp³-hybridized carbons (Fsp3) is 0.500. The molecule has 0 atom stereocenters. The van der Waals surface area contributed by atoms with Crippen LogP contribution in [0.25, 0.3) is 0 Å². The van der Waals surface area contributed by atoms with E-state index in [2.05, 4.69) is 12.2 Å². The second-order valence-electron chi connectivity index (χ2n) is 4.32. The van der Waals surface area contributed by atoms with Gasteiger partial charge in [-0.2, -0.15) is 0 Å². The summed E-state index contributed by atoms with van der Waals surface area (Å²) in [5.41, 5.74) is 0.518. The van der Waals surface area contributed by atoms with E-state index in [1.165, 1.54) is 7.11 Å². The number of carbonyl (C=O) groups excluding carboxylic acids is 1. The molecular weight excluding hydrogens is 280 g/mol. The number of anilines is 1. The molecule has 2 amide bonds. The smallest absolute Gasteiger partial charge is 0.322 e. The van der Waals surface area contributed by atoms with Crippen LogP contribution in [0.3, 0.4) is 0 Å². The minimum absolute atomic E-state index is 0.0657. The number of hydrogen-bond acceptors (Lipinski definition) is 3. The lowest BCUT2D eigenvalue weighted by Crippen LogP contribution is -2.37. The fourth-order valence-corrected chi connectivity index (χ4v) is 2.05. The van der Waals surface area contributed by atoms with Gasteiger partial charge in [-0.3, -0.25) is 0 Å². The number of hydrogen-bond donors (Lipinski definition) is 2. The van der Waals surface area contributed by atoms with Crippen LogP contribution >= 0.6 is 11.6 Å². The van der Waals surface area contributed by atoms with Gasteiger partial charge < -0.3 is 20.1 Å². The van der Waals surface area contributed by atoms with Crippen molar-refractivity contribution in [3.05, 3.63) is 23.2 Å². The lowest BCUT2D eigenvalue weighted by atomic mass is 10.3. The van der Waals surface area contributed by atoms with Crippen LogP contribution in [-0.2, 0) is 0 Å². The summed E-state index contributed by atoms with van der Waals surface area (Å²) in [7, 11) is 1.50. The largest absolute Gasteiger partial charge is 0.493 e. The number of para-hydroxylation sites is 1. The van der Waals surface area contributed by atoms with Gasteiger partial charge in [-0.25, -0.2) is 4.79 Å². The molecule has 0 saturated heterocycles. The molecule has 112 valence electrons. The third kappa shape index (κ3) is 4.58. The number of benzene rings is 1. The van der Waals surface area contributed by atoms with Crippen LogP contribution < -0.4 is 10.1 Å². The molecule has 0 aliphatic heterocycles. The molecule has 1 rings (SSSR count). The minimum Gasteiger partial charge on any atom is -0.493 e. The fourth-order valence-electron chi connectivity index (χ4n) is 1.79. The number of urea groups is 1. The molecule has 1 aromatic rings. The second-order valence-corrected chi connectivity index (χ2v) is 4.72. The van der Waals surface area contributed by atoms with Gasteiger partial charge in [0.15, 0.2) is 5.75 Å². The molecule has 0 radical (unpaired) electrons. The average molecular weight is 301 g/mol. The number of ether oxygens (including phenoxy) is 1. The molecule has 0 unspecified atom stereocenters. The summed E-state index contributed by atoms with van der Waals surface area (Å²) >= 11 is 6.01. The van der Waals surface area contributed by atoms with E-state index in [0.717, 1.165) is 12.8 Å². The molecule has 2 N–H and O–H groups in total. The summed E-state index contributed by atoms with van der Waals surface area (Å²) in [6.45, 7) is 2.89. The van der Waals surface area contributed by atoms with Crippen LogP contribution in [0, 0.1) is 0 Å². The molecule has 5 nitrogen and oxygen atoms in total. The Balaban J connectivity index is 2.79. The van der Waals surface area contributed by atoms with Crippen LogP contribution in [0.15, 0.2) is 18.2 Å². The van der Waals surface area contributed by atoms with Gasteiger partial charge in [-0.05, 0) is 18.6 Å². The summed E-state index contributed by atoms with van der Waals surface area (Å²) in [4.78, 5) is 13.8. The number of aliphatic hydroxyl groups is 1. The zero-order chi connectivity index (χ0) is 15.0. The number of amides is 2. The molecule has 0 fully saturated rings. The number of rotatable bonds is 7. The van der Waals surface area contributed by atoms with Crippen LogP contribution in [0.5, 0.6) is 5.75 Å². The van der Waals surface area contributed by atoms with Crippen molar-refractivity contribution in [2.24, 2.45) is 0 Å². The molecule has 1 aromatic carbocycles. The summed E-state index contributed by atoms with van der Waals surface area (Å²) in [5.74, 6) is 0.432. The molecule has 0 aliphatic rings. The highest BCUT2D eigenvalue weighted by Crippen LogP contribution is 2.32. The maximum absolute atomic E-state index is 12.2. The summed E-state index contributed by atoms with van der Waals surface area (Å²) in [5, 5.41) is 12.2. The zero-order valence-electron chi connectivity index (χ0n) is 11.9. The molecule has 20 heavy (non-hydrogen) atoms. The van der Waals surface area contributed by atoms with E-state index in [1.807, 2.05) is 0 Å². The number of carbonyl (C=O) groups is 1. The van der Waals surface area contributed by atoms with Gasteiger partial charge in [0.25, 0.3) is 0 Å². The predicted octanol–water partition coefficient (Wildman–Crippen LogP) is 2.97. The zero-order valence-corrected chi connectivity index (χ0v) is 12.6. The number of nitrogens with one attached hydrogen (secondary N) is 1. The Bertz CT molecular complexity index is 440. The molecule has 0 bridgehead atoms. The quantitative estimate of drug-likeness (QED) is 0.814. The lowest BCUT2D eigenvalue weighted by Gasteiger charge is -2.22. The maximum Gasteiger partial charge on any atom is 0.322 e. The highest BCUT2D eigenvalue weighted by atomic mass is 35.5. The van der Waals surface area contributed by atoms with Gasteiger partial charge >= 0.3 is 6.03 Å². The normalized spacial score (nSPS) is 10.2. The van der Waals surface area contributed by atoms with Crippen molar-refractivity contribution in [3.8, 4) is 5.75 Å². The third-order valence-corrected chi connectivity index (χ3v) is 3.15. The minimum atomic E-state index is -0.270. The molecule has 0 saturated carbocycles. The van der Waals surface area contributed by atoms with Crippen molar-refractivity contribution < 1.29 is 14.6 Å². The third-order valence-electron chi connectivity index (χ3n) is 2.85. The summed E-state index contributed by atoms with van der Waals surface area (Å²) in [6.07, 6.45) is 1.87. The van der Waals surface area contributed by atoms with E-state index < -0.39 is 0 Å². The van der Waals surface area contributed by atoms with Crippen molar-refractivity contribution >= 4 is 23.3 Å². The Morgan fingerprint density at radius 1 is 1.45 bits per heavy atom. The first-order chi connectivity index (χ1) is 9.63. The first-order valence-electron chi connectivity index (χ1n) is 6.63. The van der Waals surface area contributed by atoms with E-state index in [4.69, 9.17) is 21.4 Å². The van der Waals surface area contributed by atoms with Crippen molar-refractivity contribution in [2.45, 2.75) is 19.8 Å². The average Bonchev–Trinajstić information content (AvgIpc) is 2.43. The number of halogens is 1. The van der Waals surface area contributed by atoms with Crippen molar-refractivity contribution in [2.75, 3.05) is 32.1 Å². The van der Waals surface area contributed by atoms with Crippen LogP contribution in [0.2, 0.25) is 5.02 Å². The van der Waals surface area contributed by atoms with Crippen LogP contribution in [0.1, 0.15) is 19.8 Å². The molecule has 0 aliphatic carbocycles. The molecule has 0 spiro atoms. The van der Waals surface area contributed by atoms with E-state index >= 15 is 0 Å². The Morgan fingerprint density at radius 3 is 2.80 bits per heavy atom. The van der Waals surface area contributed by atoms with Gasteiger partial charge in [0.2, 0.25) is 0 Å². The molecule has 6 heteroatoms. The first-order valence-corrected chi connectivity index (χ1v) is 7.01. The lowest BCUT2D eigenvalue weighted by molar-refractivity contribution is 0.187. The Labute approximate surface area is 124 Å². The van der Waals surface area contributed by atoms with Gasteiger partial charge in [-0.15, -0.1) is 0 Å². The Hall–Kier alpha value is -1.46. The number of methoxy groups -OCH3 is 1. The number of nitrogens with zero attached hydrogens (tertiary/aromatic N) is 1.